The van der Waals surface area contributed by atoms with Gasteiger partial charge in [-0.25, -0.2) is 0 Å². The molecular weight excluding hydrogens is 368 g/mol. The predicted molar refractivity (Wildman–Crippen MR) is 58.2 cm³/mol. The van der Waals surface area contributed by atoms with Crippen LogP contribution in [0, 0.1) is 0 Å². The van der Waals surface area contributed by atoms with Gasteiger partial charge in [-0.1, -0.05) is 0 Å². The van der Waals surface area contributed by atoms with Crippen LogP contribution in [0.15, 0.2) is 0 Å². The third-order valence-electron chi connectivity index (χ3n) is 2.41. The Kier molecular flexibility index (Phi) is 9.77. The number of nitrogens with one attached hydrogen (secondary N) is 1. The maximum Gasteiger partial charge on any atom is 0.0599 e. The zero-order chi connectivity index (χ0) is 9.52. The Labute approximate surface area is 106 Å². The molecule has 0 aromatic rings. The summed E-state index contributed by atoms with van der Waals surface area (Å²) in [5, 5.41) is 0. The maximum atomic E-state index is 6.98. The van der Waals surface area contributed by atoms with Crippen LogP contribution in [0.3, 0.4) is 0 Å². The van der Waals surface area contributed by atoms with Crippen molar-refractivity contribution in [2.75, 3.05) is 32.1 Å². The molecule has 1 saturated heterocycles. The Bertz CT molecular complexity index is 129. The molecule has 0 saturated carbocycles. The first-order valence-corrected chi connectivity index (χ1v) is 5.59. The average molecular weight is 387 g/mol. The van der Waals surface area contributed by atoms with Crippen molar-refractivity contribution in [3.63, 3.8) is 0 Å². The van der Waals surface area contributed by atoms with Crippen LogP contribution in [0.4, 0.5) is 0 Å². The predicted octanol–water partition coefficient (Wildman–Crippen LogP) is 1.79. The van der Waals surface area contributed by atoms with Gasteiger partial charge < -0.3 is 10.5 Å². The molecule has 0 radical (unpaired) electrons. The molecule has 0 unspecified atom stereocenters. The number of likely N-dealkylation sites (tertiary alicyclic amines) is 1. The average Bonchev–Trinajstić information content (AvgIpc) is 2.19. The topological polar surface area (TPSA) is 36.3 Å². The number of thiol groups is 1. The number of hydrogen-bond donors (Lipinski definition) is 1. The van der Waals surface area contributed by atoms with Gasteiger partial charge >= 0.3 is 0 Å². The molecule has 0 amide bonds. The summed E-state index contributed by atoms with van der Waals surface area (Å²) in [6.07, 6.45) is 3.55. The maximum absolute atomic E-state index is 6.98. The van der Waals surface area contributed by atoms with E-state index in [1.54, 1.807) is 0 Å². The Morgan fingerprint density at radius 3 is 2.50 bits per heavy atom. The van der Waals surface area contributed by atoms with Gasteiger partial charge in [0.1, 0.15) is 0 Å². The van der Waals surface area contributed by atoms with Crippen molar-refractivity contribution in [1.29, 1.82) is 0 Å². The molecule has 1 heterocycles. The standard InChI is InChI=1S/C9H19N2OS.W/c10-4-1-7-12-9-2-5-11(8-13)6-3-9;/h9-10,13H,1-8H2;/q-1;. The van der Waals surface area contributed by atoms with Crippen LogP contribution in [0.1, 0.15) is 19.3 Å². The molecule has 1 fully saturated rings. The number of piperidine rings is 1. The van der Waals surface area contributed by atoms with Gasteiger partial charge in [0, 0.05) is 46.6 Å². The SMILES string of the molecule is [NH-]CCCOC1CCN(CS)CC1.[W]. The Balaban J connectivity index is 0.00000169. The van der Waals surface area contributed by atoms with Gasteiger partial charge in [-0.05, 0) is 19.3 Å². The van der Waals surface area contributed by atoms with Crippen LogP contribution in [0.2, 0.25) is 0 Å². The second-order valence-electron chi connectivity index (χ2n) is 3.43. The largest absolute Gasteiger partial charge is 0.677 e. The summed E-state index contributed by atoms with van der Waals surface area (Å²) in [6.45, 7) is 3.45. The van der Waals surface area contributed by atoms with Crippen LogP contribution in [-0.4, -0.2) is 43.1 Å². The van der Waals surface area contributed by atoms with E-state index in [1.807, 2.05) is 0 Å². The molecule has 0 atom stereocenters. The minimum absolute atomic E-state index is 0. The first-order chi connectivity index (χ1) is 6.36. The van der Waals surface area contributed by atoms with E-state index < -0.39 is 0 Å². The molecule has 3 nitrogen and oxygen atoms in total. The van der Waals surface area contributed by atoms with Crippen molar-refractivity contribution < 1.29 is 25.8 Å². The van der Waals surface area contributed by atoms with Crippen LogP contribution in [-0.2, 0) is 25.8 Å². The van der Waals surface area contributed by atoms with Gasteiger partial charge in [-0.2, -0.15) is 12.6 Å². The molecule has 14 heavy (non-hydrogen) atoms. The van der Waals surface area contributed by atoms with Crippen molar-refractivity contribution in [3.8, 4) is 0 Å². The molecule has 1 aliphatic rings. The van der Waals surface area contributed by atoms with Crippen molar-refractivity contribution in [3.05, 3.63) is 5.73 Å². The zero-order valence-corrected chi connectivity index (χ0v) is 12.3. The van der Waals surface area contributed by atoms with Crippen LogP contribution < -0.4 is 0 Å². The number of ether oxygens (including phenoxy) is 1. The summed E-state index contributed by atoms with van der Waals surface area (Å²) in [5.74, 6) is 0.861. The van der Waals surface area contributed by atoms with Crippen molar-refractivity contribution in [2.24, 2.45) is 0 Å². The first-order valence-electron chi connectivity index (χ1n) is 4.96. The molecule has 5 heteroatoms. The summed E-state index contributed by atoms with van der Waals surface area (Å²) < 4.78 is 5.64. The third kappa shape index (κ3) is 5.72. The van der Waals surface area contributed by atoms with E-state index in [-0.39, 0.29) is 21.1 Å². The fraction of sp³-hybridized carbons (Fsp3) is 1.00. The van der Waals surface area contributed by atoms with E-state index in [0.717, 1.165) is 44.8 Å². The first kappa shape index (κ1) is 14.9. The zero-order valence-electron chi connectivity index (χ0n) is 8.45. The van der Waals surface area contributed by atoms with E-state index >= 15 is 0 Å². The fourth-order valence-corrected chi connectivity index (χ4v) is 1.82. The summed E-state index contributed by atoms with van der Waals surface area (Å²) in [5.41, 5.74) is 6.98. The van der Waals surface area contributed by atoms with Crippen molar-refractivity contribution >= 4 is 12.6 Å². The molecule has 0 bridgehead atoms. The Hall–Kier alpha value is 0.918. The van der Waals surface area contributed by atoms with Crippen LogP contribution in [0.25, 0.3) is 5.73 Å². The molecule has 0 aliphatic carbocycles. The fourth-order valence-electron chi connectivity index (χ4n) is 1.54. The van der Waals surface area contributed by atoms with E-state index in [0.29, 0.717) is 12.6 Å². The molecule has 1 aliphatic heterocycles. The molecule has 84 valence electrons. The molecule has 1 rings (SSSR count). The normalized spacial score (nSPS) is 19.3. The van der Waals surface area contributed by atoms with Gasteiger partial charge in [-0.15, -0.1) is 6.54 Å². The summed E-state index contributed by atoms with van der Waals surface area (Å²) in [4.78, 5) is 2.33. The molecule has 0 spiro atoms. The summed E-state index contributed by atoms with van der Waals surface area (Å²) in [6, 6.07) is 0. The van der Waals surface area contributed by atoms with E-state index in [1.165, 1.54) is 0 Å². The smallest absolute Gasteiger partial charge is 0.0599 e. The summed E-state index contributed by atoms with van der Waals surface area (Å²) in [7, 11) is 0. The molecular formula is C9H19N2OSW-. The Morgan fingerprint density at radius 2 is 2.00 bits per heavy atom. The quantitative estimate of drug-likeness (QED) is 0.577. The Morgan fingerprint density at radius 1 is 1.36 bits per heavy atom. The van der Waals surface area contributed by atoms with Gasteiger partial charge in [0.15, 0.2) is 0 Å². The monoisotopic (exact) mass is 387 g/mol. The van der Waals surface area contributed by atoms with Crippen LogP contribution in [0.5, 0.6) is 0 Å². The number of rotatable bonds is 5. The van der Waals surface area contributed by atoms with Crippen molar-refractivity contribution in [2.45, 2.75) is 25.4 Å². The van der Waals surface area contributed by atoms with E-state index in [2.05, 4.69) is 17.5 Å². The van der Waals surface area contributed by atoms with Gasteiger partial charge in [0.2, 0.25) is 0 Å². The van der Waals surface area contributed by atoms with E-state index in [9.17, 15) is 0 Å². The number of hydrogen-bond acceptors (Lipinski definition) is 3. The van der Waals surface area contributed by atoms with Gasteiger partial charge in [-0.3, -0.25) is 4.90 Å². The van der Waals surface area contributed by atoms with Gasteiger partial charge in [0.05, 0.1) is 6.10 Å². The van der Waals surface area contributed by atoms with E-state index in [4.69, 9.17) is 10.5 Å². The molecule has 0 aromatic carbocycles. The minimum Gasteiger partial charge on any atom is -0.677 e. The molecule has 1 N–H and O–H groups in total. The second-order valence-corrected chi connectivity index (χ2v) is 3.72. The second kappa shape index (κ2) is 9.17. The van der Waals surface area contributed by atoms with Gasteiger partial charge in [0.25, 0.3) is 0 Å². The molecule has 0 aromatic heterocycles. The summed E-state index contributed by atoms with van der Waals surface area (Å²) >= 11 is 4.24. The van der Waals surface area contributed by atoms with Crippen molar-refractivity contribution in [1.82, 2.24) is 4.90 Å². The number of nitrogens with zero attached hydrogens (tertiary/aromatic N) is 1. The van der Waals surface area contributed by atoms with Crippen LogP contribution >= 0.6 is 12.6 Å². The third-order valence-corrected chi connectivity index (χ3v) is 2.81. The minimum atomic E-state index is 0.